The molecule has 1 aliphatic heterocycles. The van der Waals surface area contributed by atoms with E-state index in [2.05, 4.69) is 28.9 Å². The van der Waals surface area contributed by atoms with Crippen LogP contribution in [0, 0.1) is 0 Å². The number of nitrogens with one attached hydrogen (secondary N) is 1. The number of methoxy groups -OCH3 is 1. The summed E-state index contributed by atoms with van der Waals surface area (Å²) < 4.78 is 5.21. The molecule has 114 valence electrons. The van der Waals surface area contributed by atoms with E-state index in [1.807, 2.05) is 18.2 Å². The minimum absolute atomic E-state index is 0. The summed E-state index contributed by atoms with van der Waals surface area (Å²) in [5.74, 6) is 0.913. The fourth-order valence-corrected chi connectivity index (χ4v) is 2.47. The molecule has 20 heavy (non-hydrogen) atoms. The number of halogens is 2. The van der Waals surface area contributed by atoms with Crippen LogP contribution in [0.5, 0.6) is 5.75 Å². The summed E-state index contributed by atoms with van der Waals surface area (Å²) in [6.45, 7) is 8.24. The van der Waals surface area contributed by atoms with Gasteiger partial charge in [0.25, 0.3) is 0 Å². The maximum Gasteiger partial charge on any atom is 0.118 e. The first-order valence-corrected chi connectivity index (χ1v) is 6.54. The smallest absolute Gasteiger partial charge is 0.118 e. The van der Waals surface area contributed by atoms with Crippen LogP contribution in [0.2, 0.25) is 0 Å². The molecule has 0 bridgehead atoms. The van der Waals surface area contributed by atoms with Crippen LogP contribution in [0.25, 0.3) is 0 Å². The van der Waals surface area contributed by atoms with Gasteiger partial charge in [0.05, 0.1) is 7.11 Å². The van der Waals surface area contributed by atoms with Crippen molar-refractivity contribution in [2.45, 2.75) is 12.5 Å². The first-order valence-electron chi connectivity index (χ1n) is 6.54. The van der Waals surface area contributed by atoms with Crippen molar-refractivity contribution in [2.75, 3.05) is 33.3 Å². The number of ether oxygens (including phenoxy) is 1. The molecule has 0 saturated carbocycles. The highest BCUT2D eigenvalue weighted by molar-refractivity contribution is 5.85. The van der Waals surface area contributed by atoms with Gasteiger partial charge in [0.2, 0.25) is 0 Å². The predicted octanol–water partition coefficient (Wildman–Crippen LogP) is 3.06. The zero-order valence-corrected chi connectivity index (χ0v) is 13.5. The molecule has 0 radical (unpaired) electrons. The zero-order chi connectivity index (χ0) is 12.8. The summed E-state index contributed by atoms with van der Waals surface area (Å²) in [6.07, 6.45) is 3.00. The Kier molecular flexibility index (Phi) is 9.68. The second-order valence-corrected chi connectivity index (χ2v) is 4.60. The van der Waals surface area contributed by atoms with Gasteiger partial charge in [-0.25, -0.2) is 0 Å². The number of benzene rings is 1. The van der Waals surface area contributed by atoms with Gasteiger partial charge in [-0.1, -0.05) is 18.2 Å². The lowest BCUT2D eigenvalue weighted by Crippen LogP contribution is -2.45. The summed E-state index contributed by atoms with van der Waals surface area (Å²) in [4.78, 5) is 2.53. The van der Waals surface area contributed by atoms with E-state index >= 15 is 0 Å². The minimum Gasteiger partial charge on any atom is -0.497 e. The van der Waals surface area contributed by atoms with Crippen molar-refractivity contribution in [1.29, 1.82) is 0 Å². The monoisotopic (exact) mass is 318 g/mol. The molecule has 1 heterocycles. The molecule has 1 aromatic carbocycles. The van der Waals surface area contributed by atoms with Crippen molar-refractivity contribution < 1.29 is 4.74 Å². The van der Waals surface area contributed by atoms with Crippen molar-refractivity contribution in [3.05, 3.63) is 42.5 Å². The lowest BCUT2D eigenvalue weighted by atomic mass is 10.0. The Balaban J connectivity index is 0.00000180. The Bertz CT molecular complexity index is 378. The average Bonchev–Trinajstić information content (AvgIpc) is 2.46. The normalized spacial score (nSPS) is 16.4. The number of hydrogen-bond donors (Lipinski definition) is 1. The van der Waals surface area contributed by atoms with E-state index in [1.54, 1.807) is 7.11 Å². The molecule has 1 aliphatic rings. The SMILES string of the molecule is C=CC[C@@H](c1ccc(OC)cc1)N1CCNCC1.Cl.Cl. The molecule has 1 N–H and O–H groups in total. The van der Waals surface area contributed by atoms with Crippen molar-refractivity contribution in [1.82, 2.24) is 10.2 Å². The average molecular weight is 319 g/mol. The Labute approximate surface area is 134 Å². The highest BCUT2D eigenvalue weighted by atomic mass is 35.5. The van der Waals surface area contributed by atoms with Gasteiger partial charge in [0.1, 0.15) is 5.75 Å². The molecule has 3 nitrogen and oxygen atoms in total. The lowest BCUT2D eigenvalue weighted by Gasteiger charge is -2.34. The third-order valence-electron chi connectivity index (χ3n) is 3.48. The Morgan fingerprint density at radius 1 is 1.25 bits per heavy atom. The van der Waals surface area contributed by atoms with Crippen LogP contribution in [-0.4, -0.2) is 38.2 Å². The second kappa shape index (κ2) is 10.1. The molecule has 1 saturated heterocycles. The first kappa shape index (κ1) is 19.3. The van der Waals surface area contributed by atoms with Gasteiger partial charge >= 0.3 is 0 Å². The highest BCUT2D eigenvalue weighted by Gasteiger charge is 2.20. The lowest BCUT2D eigenvalue weighted by molar-refractivity contribution is 0.174. The molecule has 0 amide bonds. The Hall–Kier alpha value is -0.740. The standard InChI is InChI=1S/C15H22N2O.2ClH/c1-3-4-15(17-11-9-16-10-12-17)13-5-7-14(18-2)8-6-13;;/h3,5-8,15-16H,1,4,9-12H2,2H3;2*1H/t15-;;/m0../s1. The van der Waals surface area contributed by atoms with Crippen LogP contribution >= 0.6 is 24.8 Å². The van der Waals surface area contributed by atoms with Crippen LogP contribution in [0.4, 0.5) is 0 Å². The van der Waals surface area contributed by atoms with Crippen LogP contribution in [0.15, 0.2) is 36.9 Å². The maximum absolute atomic E-state index is 5.21. The third-order valence-corrected chi connectivity index (χ3v) is 3.48. The van der Waals surface area contributed by atoms with Crippen molar-refractivity contribution in [3.63, 3.8) is 0 Å². The molecular formula is C15H24Cl2N2O. The molecule has 1 aromatic rings. The predicted molar refractivity (Wildman–Crippen MR) is 89.5 cm³/mol. The topological polar surface area (TPSA) is 24.5 Å². The largest absolute Gasteiger partial charge is 0.497 e. The molecule has 0 aromatic heterocycles. The van der Waals surface area contributed by atoms with Gasteiger partial charge in [0, 0.05) is 32.2 Å². The van der Waals surface area contributed by atoms with E-state index in [-0.39, 0.29) is 24.8 Å². The molecule has 0 unspecified atom stereocenters. The van der Waals surface area contributed by atoms with E-state index in [4.69, 9.17) is 4.74 Å². The van der Waals surface area contributed by atoms with E-state index in [1.165, 1.54) is 5.56 Å². The number of rotatable bonds is 5. The van der Waals surface area contributed by atoms with E-state index in [9.17, 15) is 0 Å². The van der Waals surface area contributed by atoms with Crippen LogP contribution in [0.3, 0.4) is 0 Å². The Morgan fingerprint density at radius 3 is 2.35 bits per heavy atom. The summed E-state index contributed by atoms with van der Waals surface area (Å²) in [5, 5.41) is 3.39. The molecule has 1 atom stereocenters. The van der Waals surface area contributed by atoms with Gasteiger partial charge in [-0.3, -0.25) is 4.90 Å². The Morgan fingerprint density at radius 2 is 1.85 bits per heavy atom. The highest BCUT2D eigenvalue weighted by Crippen LogP contribution is 2.26. The van der Waals surface area contributed by atoms with Crippen LogP contribution < -0.4 is 10.1 Å². The fourth-order valence-electron chi connectivity index (χ4n) is 2.47. The van der Waals surface area contributed by atoms with E-state index in [0.29, 0.717) is 6.04 Å². The third kappa shape index (κ3) is 4.98. The second-order valence-electron chi connectivity index (χ2n) is 4.60. The summed E-state index contributed by atoms with van der Waals surface area (Å²) in [7, 11) is 1.70. The molecule has 1 fully saturated rings. The fraction of sp³-hybridized carbons (Fsp3) is 0.467. The van der Waals surface area contributed by atoms with Gasteiger partial charge in [-0.15, -0.1) is 31.4 Å². The minimum atomic E-state index is 0. The van der Waals surface area contributed by atoms with Gasteiger partial charge in [-0.05, 0) is 24.1 Å². The van der Waals surface area contributed by atoms with E-state index in [0.717, 1.165) is 38.3 Å². The van der Waals surface area contributed by atoms with Crippen LogP contribution in [-0.2, 0) is 0 Å². The summed E-state index contributed by atoms with van der Waals surface area (Å²) in [6, 6.07) is 8.83. The molecule has 0 spiro atoms. The summed E-state index contributed by atoms with van der Waals surface area (Å²) >= 11 is 0. The van der Waals surface area contributed by atoms with E-state index < -0.39 is 0 Å². The molecule has 5 heteroatoms. The number of piperazine rings is 1. The van der Waals surface area contributed by atoms with Crippen LogP contribution in [0.1, 0.15) is 18.0 Å². The van der Waals surface area contributed by atoms with Gasteiger partial charge < -0.3 is 10.1 Å². The number of nitrogens with zero attached hydrogens (tertiary/aromatic N) is 1. The molecule has 2 rings (SSSR count). The quantitative estimate of drug-likeness (QED) is 0.844. The van der Waals surface area contributed by atoms with Gasteiger partial charge in [-0.2, -0.15) is 0 Å². The molecular weight excluding hydrogens is 295 g/mol. The zero-order valence-electron chi connectivity index (χ0n) is 11.9. The summed E-state index contributed by atoms with van der Waals surface area (Å²) in [5.41, 5.74) is 1.35. The van der Waals surface area contributed by atoms with Crippen molar-refractivity contribution in [3.8, 4) is 5.75 Å². The van der Waals surface area contributed by atoms with Crippen molar-refractivity contribution >= 4 is 24.8 Å². The number of hydrogen-bond acceptors (Lipinski definition) is 3. The molecule has 0 aliphatic carbocycles. The van der Waals surface area contributed by atoms with Gasteiger partial charge in [0.15, 0.2) is 0 Å². The maximum atomic E-state index is 5.21. The first-order chi connectivity index (χ1) is 8.85. The van der Waals surface area contributed by atoms with Crippen molar-refractivity contribution in [2.24, 2.45) is 0 Å².